The zero-order chi connectivity index (χ0) is 14.4. The third-order valence-corrected chi connectivity index (χ3v) is 3.06. The van der Waals surface area contributed by atoms with Crippen molar-refractivity contribution in [2.75, 3.05) is 11.9 Å². The molecule has 0 fully saturated rings. The minimum Gasteiger partial charge on any atom is -0.385 e. The molecule has 2 rings (SSSR count). The Hall–Kier alpha value is -2.29. The molecule has 2 aromatic rings. The smallest absolute Gasteiger partial charge is 0.251 e. The van der Waals surface area contributed by atoms with Gasteiger partial charge in [-0.3, -0.25) is 4.79 Å². The molecule has 0 spiro atoms. The van der Waals surface area contributed by atoms with Crippen molar-refractivity contribution >= 4 is 11.6 Å². The Balaban J connectivity index is 1.94. The van der Waals surface area contributed by atoms with Gasteiger partial charge in [-0.15, -0.1) is 0 Å². The van der Waals surface area contributed by atoms with Gasteiger partial charge in [-0.05, 0) is 43.7 Å². The van der Waals surface area contributed by atoms with E-state index in [9.17, 15) is 4.79 Å². The molecule has 0 atom stereocenters. The van der Waals surface area contributed by atoms with Crippen molar-refractivity contribution < 1.29 is 4.79 Å². The SMILES string of the molecule is CCNc1ccc(C(=O)NCc2cccc(C)c2)cc1. The first-order valence-corrected chi connectivity index (χ1v) is 6.86. The Morgan fingerprint density at radius 3 is 2.50 bits per heavy atom. The van der Waals surface area contributed by atoms with Crippen LogP contribution in [0, 0.1) is 6.92 Å². The van der Waals surface area contributed by atoms with Gasteiger partial charge in [0.15, 0.2) is 0 Å². The van der Waals surface area contributed by atoms with Crippen LogP contribution in [0.3, 0.4) is 0 Å². The van der Waals surface area contributed by atoms with Gasteiger partial charge >= 0.3 is 0 Å². The van der Waals surface area contributed by atoms with E-state index in [2.05, 4.69) is 16.7 Å². The number of anilines is 1. The van der Waals surface area contributed by atoms with Crippen molar-refractivity contribution in [1.82, 2.24) is 5.32 Å². The van der Waals surface area contributed by atoms with Crippen molar-refractivity contribution in [2.45, 2.75) is 20.4 Å². The largest absolute Gasteiger partial charge is 0.385 e. The van der Waals surface area contributed by atoms with Gasteiger partial charge in [0.2, 0.25) is 0 Å². The number of amides is 1. The molecule has 3 nitrogen and oxygen atoms in total. The van der Waals surface area contributed by atoms with Gasteiger partial charge in [0, 0.05) is 24.3 Å². The van der Waals surface area contributed by atoms with Gasteiger partial charge in [0.05, 0.1) is 0 Å². The quantitative estimate of drug-likeness (QED) is 0.873. The van der Waals surface area contributed by atoms with E-state index < -0.39 is 0 Å². The van der Waals surface area contributed by atoms with Crippen LogP contribution < -0.4 is 10.6 Å². The molecule has 0 unspecified atom stereocenters. The minimum absolute atomic E-state index is 0.0467. The maximum absolute atomic E-state index is 12.0. The predicted molar refractivity (Wildman–Crippen MR) is 83.0 cm³/mol. The van der Waals surface area contributed by atoms with Crippen molar-refractivity contribution in [1.29, 1.82) is 0 Å². The molecule has 2 N–H and O–H groups in total. The van der Waals surface area contributed by atoms with Crippen LogP contribution in [0.4, 0.5) is 5.69 Å². The number of nitrogens with one attached hydrogen (secondary N) is 2. The van der Waals surface area contributed by atoms with Crippen molar-refractivity contribution in [3.63, 3.8) is 0 Å². The summed E-state index contributed by atoms with van der Waals surface area (Å²) in [6.45, 7) is 5.52. The van der Waals surface area contributed by atoms with Gasteiger partial charge in [-0.1, -0.05) is 29.8 Å². The van der Waals surface area contributed by atoms with Gasteiger partial charge in [0.25, 0.3) is 5.91 Å². The summed E-state index contributed by atoms with van der Waals surface area (Å²) in [6, 6.07) is 15.7. The standard InChI is InChI=1S/C17H20N2O/c1-3-18-16-9-7-15(8-10-16)17(20)19-12-14-6-4-5-13(2)11-14/h4-11,18H,3,12H2,1-2H3,(H,19,20). The molecule has 1 amide bonds. The summed E-state index contributed by atoms with van der Waals surface area (Å²) in [5.74, 6) is -0.0467. The molecule has 0 aliphatic carbocycles. The highest BCUT2D eigenvalue weighted by atomic mass is 16.1. The number of carbonyl (C=O) groups is 1. The van der Waals surface area contributed by atoms with Crippen LogP contribution in [0.5, 0.6) is 0 Å². The predicted octanol–water partition coefficient (Wildman–Crippen LogP) is 3.36. The Morgan fingerprint density at radius 2 is 1.85 bits per heavy atom. The number of aryl methyl sites for hydroxylation is 1. The van der Waals surface area contributed by atoms with E-state index in [1.165, 1.54) is 5.56 Å². The zero-order valence-corrected chi connectivity index (χ0v) is 11.9. The summed E-state index contributed by atoms with van der Waals surface area (Å²) in [7, 11) is 0. The van der Waals surface area contributed by atoms with Crippen LogP contribution in [-0.4, -0.2) is 12.5 Å². The summed E-state index contributed by atoms with van der Waals surface area (Å²) in [4.78, 5) is 12.0. The highest BCUT2D eigenvalue weighted by Gasteiger charge is 2.05. The van der Waals surface area contributed by atoms with Crippen LogP contribution in [0.1, 0.15) is 28.4 Å². The average Bonchev–Trinajstić information content (AvgIpc) is 2.46. The van der Waals surface area contributed by atoms with Crippen molar-refractivity contribution in [3.8, 4) is 0 Å². The Kier molecular flexibility index (Phi) is 4.77. The molecule has 20 heavy (non-hydrogen) atoms. The Labute approximate surface area is 120 Å². The highest BCUT2D eigenvalue weighted by molar-refractivity contribution is 5.94. The summed E-state index contributed by atoms with van der Waals surface area (Å²) >= 11 is 0. The lowest BCUT2D eigenvalue weighted by molar-refractivity contribution is 0.0951. The van der Waals surface area contributed by atoms with E-state index in [-0.39, 0.29) is 5.91 Å². The monoisotopic (exact) mass is 268 g/mol. The van der Waals surface area contributed by atoms with Crippen LogP contribution in [0.25, 0.3) is 0 Å². The first-order chi connectivity index (χ1) is 9.69. The normalized spacial score (nSPS) is 10.1. The highest BCUT2D eigenvalue weighted by Crippen LogP contribution is 2.09. The molecule has 0 aromatic heterocycles. The van der Waals surface area contributed by atoms with Crippen molar-refractivity contribution in [2.24, 2.45) is 0 Å². The number of rotatable bonds is 5. The maximum Gasteiger partial charge on any atom is 0.251 e. The van der Waals surface area contributed by atoms with E-state index in [1.54, 1.807) is 0 Å². The van der Waals surface area contributed by atoms with Gasteiger partial charge < -0.3 is 10.6 Å². The van der Waals surface area contributed by atoms with E-state index >= 15 is 0 Å². The molecule has 0 radical (unpaired) electrons. The van der Waals surface area contributed by atoms with Gasteiger partial charge in [-0.2, -0.15) is 0 Å². The van der Waals surface area contributed by atoms with Crippen LogP contribution in [-0.2, 0) is 6.54 Å². The average molecular weight is 268 g/mol. The summed E-state index contributed by atoms with van der Waals surface area (Å²) in [5.41, 5.74) is 4.02. The number of hydrogen-bond acceptors (Lipinski definition) is 2. The fourth-order valence-electron chi connectivity index (χ4n) is 2.05. The number of hydrogen-bond donors (Lipinski definition) is 2. The van der Waals surface area contributed by atoms with E-state index in [1.807, 2.05) is 56.3 Å². The molecule has 0 aliphatic rings. The topological polar surface area (TPSA) is 41.1 Å². The van der Waals surface area contributed by atoms with E-state index in [4.69, 9.17) is 0 Å². The maximum atomic E-state index is 12.0. The lowest BCUT2D eigenvalue weighted by atomic mass is 10.1. The van der Waals surface area contributed by atoms with Crippen LogP contribution >= 0.6 is 0 Å². The number of carbonyl (C=O) groups excluding carboxylic acids is 1. The summed E-state index contributed by atoms with van der Waals surface area (Å²) in [5, 5.41) is 6.14. The van der Waals surface area contributed by atoms with Gasteiger partial charge in [-0.25, -0.2) is 0 Å². The Bertz CT molecular complexity index is 576. The second kappa shape index (κ2) is 6.75. The van der Waals surface area contributed by atoms with Gasteiger partial charge in [0.1, 0.15) is 0 Å². The molecule has 104 valence electrons. The molecule has 0 aliphatic heterocycles. The minimum atomic E-state index is -0.0467. The number of benzene rings is 2. The van der Waals surface area contributed by atoms with E-state index in [0.717, 1.165) is 17.8 Å². The Morgan fingerprint density at radius 1 is 1.10 bits per heavy atom. The second-order valence-electron chi connectivity index (χ2n) is 4.78. The lowest BCUT2D eigenvalue weighted by Crippen LogP contribution is -2.22. The molecule has 0 saturated heterocycles. The third-order valence-electron chi connectivity index (χ3n) is 3.06. The fraction of sp³-hybridized carbons (Fsp3) is 0.235. The third kappa shape index (κ3) is 3.85. The molecule has 0 saturated carbocycles. The molecule has 0 heterocycles. The second-order valence-corrected chi connectivity index (χ2v) is 4.78. The first-order valence-electron chi connectivity index (χ1n) is 6.86. The van der Waals surface area contributed by atoms with Crippen LogP contribution in [0.15, 0.2) is 48.5 Å². The molecular weight excluding hydrogens is 248 g/mol. The molecule has 3 heteroatoms. The van der Waals surface area contributed by atoms with Crippen LogP contribution in [0.2, 0.25) is 0 Å². The summed E-state index contributed by atoms with van der Waals surface area (Å²) in [6.07, 6.45) is 0. The molecule has 2 aromatic carbocycles. The van der Waals surface area contributed by atoms with E-state index in [0.29, 0.717) is 12.1 Å². The zero-order valence-electron chi connectivity index (χ0n) is 11.9. The van der Waals surface area contributed by atoms with Crippen molar-refractivity contribution in [3.05, 3.63) is 65.2 Å². The fourth-order valence-corrected chi connectivity index (χ4v) is 2.05. The lowest BCUT2D eigenvalue weighted by Gasteiger charge is -2.07. The molecule has 0 bridgehead atoms. The first kappa shape index (κ1) is 14.1. The molecular formula is C17H20N2O. The summed E-state index contributed by atoms with van der Waals surface area (Å²) < 4.78 is 0.